The second kappa shape index (κ2) is 4.36. The zero-order valence-corrected chi connectivity index (χ0v) is 11.4. The largest absolute Gasteiger partial charge is 0.468 e. The van der Waals surface area contributed by atoms with Crippen molar-refractivity contribution in [1.29, 1.82) is 0 Å². The van der Waals surface area contributed by atoms with E-state index in [1.165, 1.54) is 12.7 Å². The Kier molecular flexibility index (Phi) is 2.62. The molecule has 3 aliphatic rings. The number of fused-ring (bicyclic) bond motifs is 3. The molecule has 0 aliphatic carbocycles. The van der Waals surface area contributed by atoms with E-state index in [1.807, 2.05) is 4.90 Å². The normalized spacial score (nSPS) is 28.2. The van der Waals surface area contributed by atoms with Gasteiger partial charge in [-0.1, -0.05) is 0 Å². The number of hydrogen-bond donors (Lipinski definition) is 1. The lowest BCUT2D eigenvalue weighted by Crippen LogP contribution is -2.44. The zero-order valence-electron chi connectivity index (χ0n) is 11.4. The summed E-state index contributed by atoms with van der Waals surface area (Å²) in [6, 6.07) is 0.719. The average Bonchev–Trinajstić information content (AvgIpc) is 2.99. The molecule has 1 aromatic rings. The van der Waals surface area contributed by atoms with Crippen LogP contribution in [0.15, 0.2) is 10.7 Å². The van der Waals surface area contributed by atoms with Crippen molar-refractivity contribution < 1.29 is 14.0 Å². The highest BCUT2D eigenvalue weighted by Gasteiger charge is 2.41. The third-order valence-electron chi connectivity index (χ3n) is 4.89. The molecule has 5 nitrogen and oxygen atoms in total. The fourth-order valence-corrected chi connectivity index (χ4v) is 3.95. The van der Waals surface area contributed by atoms with E-state index in [4.69, 9.17) is 4.42 Å². The van der Waals surface area contributed by atoms with Crippen molar-refractivity contribution in [3.05, 3.63) is 23.2 Å². The van der Waals surface area contributed by atoms with Crippen LogP contribution in [-0.4, -0.2) is 35.3 Å². The molecule has 4 heterocycles. The van der Waals surface area contributed by atoms with Crippen LogP contribution in [0.3, 0.4) is 0 Å². The summed E-state index contributed by atoms with van der Waals surface area (Å²) in [6.45, 7) is 0.585. The minimum atomic E-state index is -0.173. The highest BCUT2D eigenvalue weighted by Crippen LogP contribution is 2.37. The van der Waals surface area contributed by atoms with Crippen LogP contribution in [0.1, 0.15) is 58.6 Å². The second-order valence-corrected chi connectivity index (χ2v) is 5.98. The van der Waals surface area contributed by atoms with Crippen molar-refractivity contribution in [3.8, 4) is 0 Å². The lowest BCUT2D eigenvalue weighted by molar-refractivity contribution is 0.0590. The van der Waals surface area contributed by atoms with Gasteiger partial charge in [-0.2, -0.15) is 0 Å². The van der Waals surface area contributed by atoms with E-state index < -0.39 is 0 Å². The Labute approximate surface area is 117 Å². The van der Waals surface area contributed by atoms with E-state index in [0.717, 1.165) is 25.7 Å². The van der Waals surface area contributed by atoms with Crippen LogP contribution in [0.4, 0.5) is 0 Å². The first kappa shape index (κ1) is 12.0. The second-order valence-electron chi connectivity index (χ2n) is 5.98. The number of nitrogens with one attached hydrogen (secondary N) is 1. The maximum absolute atomic E-state index is 12.8. The Morgan fingerprint density at radius 1 is 1.25 bits per heavy atom. The SMILES string of the molecule is O=C1NCCc2occ(C(=O)N3C4CCCC3CC4)c21. The molecule has 1 aromatic heterocycles. The molecule has 0 radical (unpaired) electrons. The standard InChI is InChI=1S/C15H18N2O3/c18-14-13-11(8-20-12(13)6-7-16-14)15(19)17-9-2-1-3-10(17)5-4-9/h8-10H,1-7H2,(H,16,18). The minimum Gasteiger partial charge on any atom is -0.468 e. The highest BCUT2D eigenvalue weighted by atomic mass is 16.3. The predicted octanol–water partition coefficient (Wildman–Crippen LogP) is 1.72. The van der Waals surface area contributed by atoms with E-state index >= 15 is 0 Å². The number of amides is 2. The molecule has 20 heavy (non-hydrogen) atoms. The van der Waals surface area contributed by atoms with Crippen molar-refractivity contribution in [2.24, 2.45) is 0 Å². The van der Waals surface area contributed by atoms with E-state index in [0.29, 0.717) is 41.9 Å². The van der Waals surface area contributed by atoms with Gasteiger partial charge >= 0.3 is 0 Å². The minimum absolute atomic E-state index is 0.0146. The molecule has 2 amide bonds. The van der Waals surface area contributed by atoms with Gasteiger partial charge in [-0.05, 0) is 32.1 Å². The number of carbonyl (C=O) groups excluding carboxylic acids is 2. The van der Waals surface area contributed by atoms with Crippen LogP contribution in [0, 0.1) is 0 Å². The number of carbonyl (C=O) groups is 2. The molecule has 0 aromatic carbocycles. The molecule has 2 atom stereocenters. The third-order valence-corrected chi connectivity index (χ3v) is 4.89. The summed E-state index contributed by atoms with van der Waals surface area (Å²) >= 11 is 0. The molecule has 0 spiro atoms. The zero-order chi connectivity index (χ0) is 13.7. The molecular formula is C15H18N2O3. The molecule has 4 rings (SSSR count). The molecule has 2 unspecified atom stereocenters. The maximum atomic E-state index is 12.8. The lowest BCUT2D eigenvalue weighted by atomic mass is 9.99. The Morgan fingerprint density at radius 3 is 2.75 bits per heavy atom. The first-order valence-electron chi connectivity index (χ1n) is 7.47. The lowest BCUT2D eigenvalue weighted by Gasteiger charge is -2.34. The summed E-state index contributed by atoms with van der Waals surface area (Å²) in [4.78, 5) is 26.8. The molecule has 2 fully saturated rings. The molecule has 5 heteroatoms. The van der Waals surface area contributed by atoms with Crippen molar-refractivity contribution >= 4 is 11.8 Å². The molecule has 3 aliphatic heterocycles. The van der Waals surface area contributed by atoms with Gasteiger partial charge < -0.3 is 14.6 Å². The van der Waals surface area contributed by atoms with Gasteiger partial charge in [0.1, 0.15) is 12.0 Å². The van der Waals surface area contributed by atoms with Crippen LogP contribution in [0.25, 0.3) is 0 Å². The van der Waals surface area contributed by atoms with E-state index in [9.17, 15) is 9.59 Å². The van der Waals surface area contributed by atoms with E-state index in [2.05, 4.69) is 5.32 Å². The average molecular weight is 274 g/mol. The molecule has 2 bridgehead atoms. The maximum Gasteiger partial charge on any atom is 0.258 e. The smallest absolute Gasteiger partial charge is 0.258 e. The van der Waals surface area contributed by atoms with E-state index in [1.54, 1.807) is 0 Å². The fourth-order valence-electron chi connectivity index (χ4n) is 3.95. The molecule has 2 saturated heterocycles. The van der Waals surface area contributed by atoms with Gasteiger partial charge in [0, 0.05) is 25.0 Å². The van der Waals surface area contributed by atoms with Crippen LogP contribution in [0.2, 0.25) is 0 Å². The van der Waals surface area contributed by atoms with Gasteiger partial charge in [-0.25, -0.2) is 0 Å². The van der Waals surface area contributed by atoms with Crippen LogP contribution in [0.5, 0.6) is 0 Å². The number of furan rings is 1. The molecule has 0 saturated carbocycles. The summed E-state index contributed by atoms with van der Waals surface area (Å²) < 4.78 is 5.45. The molecule has 106 valence electrons. The van der Waals surface area contributed by atoms with Gasteiger partial charge in [0.25, 0.3) is 11.8 Å². The summed E-state index contributed by atoms with van der Waals surface area (Å²) in [5.41, 5.74) is 0.919. The van der Waals surface area contributed by atoms with Gasteiger partial charge in [0.15, 0.2) is 0 Å². The summed E-state index contributed by atoms with van der Waals surface area (Å²) in [6.07, 6.45) is 7.74. The molecular weight excluding hydrogens is 256 g/mol. The fraction of sp³-hybridized carbons (Fsp3) is 0.600. The topological polar surface area (TPSA) is 62.6 Å². The number of nitrogens with zero attached hydrogens (tertiary/aromatic N) is 1. The van der Waals surface area contributed by atoms with Crippen molar-refractivity contribution in [1.82, 2.24) is 10.2 Å². The molecule has 1 N–H and O–H groups in total. The van der Waals surface area contributed by atoms with Gasteiger partial charge in [-0.3, -0.25) is 9.59 Å². The van der Waals surface area contributed by atoms with Crippen LogP contribution < -0.4 is 5.32 Å². The van der Waals surface area contributed by atoms with E-state index in [-0.39, 0.29) is 11.8 Å². The summed E-state index contributed by atoms with van der Waals surface area (Å²) in [7, 11) is 0. The van der Waals surface area contributed by atoms with Gasteiger partial charge in [0.2, 0.25) is 0 Å². The number of hydrogen-bond acceptors (Lipinski definition) is 3. The quantitative estimate of drug-likeness (QED) is 0.848. The Hall–Kier alpha value is -1.78. The summed E-state index contributed by atoms with van der Waals surface area (Å²) in [5, 5.41) is 2.79. The highest BCUT2D eigenvalue weighted by molar-refractivity contribution is 6.08. The van der Waals surface area contributed by atoms with Crippen molar-refractivity contribution in [2.75, 3.05) is 6.54 Å². The predicted molar refractivity (Wildman–Crippen MR) is 71.6 cm³/mol. The first-order valence-corrected chi connectivity index (χ1v) is 7.47. The Balaban J connectivity index is 1.70. The third kappa shape index (κ3) is 1.62. The Morgan fingerprint density at radius 2 is 2.00 bits per heavy atom. The Bertz CT molecular complexity index is 562. The number of rotatable bonds is 1. The monoisotopic (exact) mass is 274 g/mol. The first-order chi connectivity index (χ1) is 9.75. The summed E-state index contributed by atoms with van der Waals surface area (Å²) in [5.74, 6) is 0.466. The van der Waals surface area contributed by atoms with Crippen LogP contribution >= 0.6 is 0 Å². The van der Waals surface area contributed by atoms with Crippen LogP contribution in [-0.2, 0) is 6.42 Å². The van der Waals surface area contributed by atoms with Crippen molar-refractivity contribution in [3.63, 3.8) is 0 Å². The van der Waals surface area contributed by atoms with Crippen molar-refractivity contribution in [2.45, 2.75) is 50.6 Å². The number of piperidine rings is 1. The van der Waals surface area contributed by atoms with Gasteiger partial charge in [0.05, 0.1) is 11.1 Å². The van der Waals surface area contributed by atoms with Gasteiger partial charge in [-0.15, -0.1) is 0 Å².